The lowest BCUT2D eigenvalue weighted by molar-refractivity contribution is 0.176. The van der Waals surface area contributed by atoms with Crippen molar-refractivity contribution >= 4 is 38.8 Å². The van der Waals surface area contributed by atoms with Gasteiger partial charge in [0, 0.05) is 14.5 Å². The summed E-state index contributed by atoms with van der Waals surface area (Å²) >= 11 is 3.15. The van der Waals surface area contributed by atoms with Gasteiger partial charge in [0.2, 0.25) is 0 Å². The highest BCUT2D eigenvalue weighted by Gasteiger charge is 2.12. The van der Waals surface area contributed by atoms with E-state index in [4.69, 9.17) is 0 Å². The Balaban J connectivity index is 1.51. The minimum absolute atomic E-state index is 0.198. The monoisotopic (exact) mass is 332 g/mol. The zero-order valence-corrected chi connectivity index (χ0v) is 13.4. The van der Waals surface area contributed by atoms with E-state index in [1.54, 1.807) is 22.7 Å². The largest absolute Gasteiger partial charge is 0.386 e. The minimum Gasteiger partial charge on any atom is -0.386 e. The van der Waals surface area contributed by atoms with Crippen LogP contribution in [0.25, 0.3) is 10.1 Å². The molecule has 114 valence electrons. The Morgan fingerprint density at radius 2 is 2.05 bits per heavy atom. The second-order valence-electron chi connectivity index (χ2n) is 4.85. The van der Waals surface area contributed by atoms with Gasteiger partial charge in [0.1, 0.15) is 6.10 Å². The van der Waals surface area contributed by atoms with Crippen molar-refractivity contribution in [2.75, 3.05) is 6.54 Å². The Morgan fingerprint density at radius 3 is 2.82 bits per heavy atom. The lowest BCUT2D eigenvalue weighted by atomic mass is 10.2. The number of carbonyl (C=O) groups is 1. The van der Waals surface area contributed by atoms with E-state index < -0.39 is 6.10 Å². The van der Waals surface area contributed by atoms with E-state index in [0.717, 1.165) is 19.8 Å². The summed E-state index contributed by atoms with van der Waals surface area (Å²) in [5.74, 6) is 0. The third kappa shape index (κ3) is 3.65. The molecule has 0 fully saturated rings. The number of rotatable bonds is 5. The first kappa shape index (κ1) is 15.0. The molecule has 0 radical (unpaired) electrons. The molecule has 0 bridgehead atoms. The molecule has 3 aromatic rings. The number of aliphatic hydroxyl groups excluding tert-OH is 1. The molecule has 0 saturated carbocycles. The second kappa shape index (κ2) is 6.91. The average molecular weight is 332 g/mol. The van der Waals surface area contributed by atoms with Gasteiger partial charge >= 0.3 is 6.03 Å². The summed E-state index contributed by atoms with van der Waals surface area (Å²) in [5, 5.41) is 18.7. The van der Waals surface area contributed by atoms with E-state index in [0.29, 0.717) is 6.54 Å². The summed E-state index contributed by atoms with van der Waals surface area (Å²) in [6.07, 6.45) is -0.690. The molecule has 3 N–H and O–H groups in total. The van der Waals surface area contributed by atoms with Crippen LogP contribution in [-0.4, -0.2) is 17.7 Å². The van der Waals surface area contributed by atoms with Crippen molar-refractivity contribution in [2.24, 2.45) is 0 Å². The minimum atomic E-state index is -0.690. The van der Waals surface area contributed by atoms with Crippen LogP contribution in [0.15, 0.2) is 47.8 Å². The first-order chi connectivity index (χ1) is 10.7. The number of hydrogen-bond acceptors (Lipinski definition) is 4. The van der Waals surface area contributed by atoms with Gasteiger partial charge in [-0.2, -0.15) is 0 Å². The maximum Gasteiger partial charge on any atom is 0.315 e. The maximum atomic E-state index is 11.7. The molecule has 4 nitrogen and oxygen atoms in total. The van der Waals surface area contributed by atoms with Crippen LogP contribution in [0.2, 0.25) is 0 Å². The van der Waals surface area contributed by atoms with Crippen molar-refractivity contribution in [3.63, 3.8) is 0 Å². The van der Waals surface area contributed by atoms with E-state index in [1.165, 1.54) is 0 Å². The number of benzene rings is 1. The summed E-state index contributed by atoms with van der Waals surface area (Å²) in [7, 11) is 0. The van der Waals surface area contributed by atoms with E-state index in [-0.39, 0.29) is 12.6 Å². The molecule has 6 heteroatoms. The third-order valence-corrected chi connectivity index (χ3v) is 5.33. The molecule has 2 amide bonds. The smallest absolute Gasteiger partial charge is 0.315 e. The number of hydrogen-bond donors (Lipinski definition) is 3. The van der Waals surface area contributed by atoms with Gasteiger partial charge in [0.05, 0.1) is 13.1 Å². The highest BCUT2D eigenvalue weighted by atomic mass is 32.1. The van der Waals surface area contributed by atoms with Crippen LogP contribution in [0.4, 0.5) is 4.79 Å². The van der Waals surface area contributed by atoms with Gasteiger partial charge in [-0.3, -0.25) is 0 Å². The standard InChI is InChI=1S/C16H16N2O2S2/c19-13(15-8-11-4-1-2-6-14(11)22-15)10-18-16(20)17-9-12-5-3-7-21-12/h1-8,13,19H,9-10H2,(H2,17,18,20). The van der Waals surface area contributed by atoms with Gasteiger partial charge < -0.3 is 15.7 Å². The first-order valence-corrected chi connectivity index (χ1v) is 8.62. The molecular weight excluding hydrogens is 316 g/mol. The third-order valence-electron chi connectivity index (χ3n) is 3.23. The topological polar surface area (TPSA) is 61.4 Å². The molecule has 2 aromatic heterocycles. The molecule has 2 heterocycles. The summed E-state index contributed by atoms with van der Waals surface area (Å²) in [6, 6.07) is 13.6. The molecule has 0 spiro atoms. The van der Waals surface area contributed by atoms with Crippen LogP contribution in [0, 0.1) is 0 Å². The lowest BCUT2D eigenvalue weighted by Crippen LogP contribution is -2.37. The van der Waals surface area contributed by atoms with Crippen LogP contribution in [0.3, 0.4) is 0 Å². The molecule has 1 atom stereocenters. The molecular formula is C16H16N2O2S2. The molecule has 22 heavy (non-hydrogen) atoms. The highest BCUT2D eigenvalue weighted by Crippen LogP contribution is 2.29. The first-order valence-electron chi connectivity index (χ1n) is 6.93. The predicted octanol–water partition coefficient (Wildman–Crippen LogP) is 3.50. The summed E-state index contributed by atoms with van der Waals surface area (Å²) in [4.78, 5) is 13.7. The predicted molar refractivity (Wildman–Crippen MR) is 91.3 cm³/mol. The number of aliphatic hydroxyl groups is 1. The molecule has 1 aromatic carbocycles. The number of fused-ring (bicyclic) bond motifs is 1. The van der Waals surface area contributed by atoms with Gasteiger partial charge in [0.15, 0.2) is 0 Å². The number of nitrogens with one attached hydrogen (secondary N) is 2. The van der Waals surface area contributed by atoms with Crippen molar-refractivity contribution in [3.05, 3.63) is 57.6 Å². The van der Waals surface area contributed by atoms with E-state index in [1.807, 2.05) is 47.8 Å². The van der Waals surface area contributed by atoms with Crippen molar-refractivity contribution in [1.29, 1.82) is 0 Å². The maximum absolute atomic E-state index is 11.7. The Morgan fingerprint density at radius 1 is 1.18 bits per heavy atom. The van der Waals surface area contributed by atoms with Crippen LogP contribution in [0.1, 0.15) is 15.9 Å². The van der Waals surface area contributed by atoms with Crippen molar-refractivity contribution in [3.8, 4) is 0 Å². The lowest BCUT2D eigenvalue weighted by Gasteiger charge is -2.10. The number of urea groups is 1. The van der Waals surface area contributed by atoms with Gasteiger partial charge in [-0.25, -0.2) is 4.79 Å². The van der Waals surface area contributed by atoms with Crippen molar-refractivity contribution in [1.82, 2.24) is 10.6 Å². The fourth-order valence-corrected chi connectivity index (χ4v) is 3.79. The fraction of sp³-hybridized carbons (Fsp3) is 0.188. The van der Waals surface area contributed by atoms with Gasteiger partial charge in [-0.05, 0) is 29.0 Å². The average Bonchev–Trinajstić information content (AvgIpc) is 3.19. The van der Waals surface area contributed by atoms with Gasteiger partial charge in [-0.15, -0.1) is 22.7 Å². The Hall–Kier alpha value is -1.89. The number of amides is 2. The molecule has 0 aliphatic rings. The van der Waals surface area contributed by atoms with E-state index >= 15 is 0 Å². The van der Waals surface area contributed by atoms with Crippen LogP contribution < -0.4 is 10.6 Å². The zero-order chi connectivity index (χ0) is 15.4. The normalized spacial score (nSPS) is 12.2. The Labute approximate surface area is 136 Å². The molecule has 0 aliphatic heterocycles. The zero-order valence-electron chi connectivity index (χ0n) is 11.8. The Kier molecular flexibility index (Phi) is 4.72. The van der Waals surface area contributed by atoms with Crippen LogP contribution >= 0.6 is 22.7 Å². The van der Waals surface area contributed by atoms with E-state index in [2.05, 4.69) is 10.6 Å². The second-order valence-corrected chi connectivity index (χ2v) is 6.99. The SMILES string of the molecule is O=C(NCc1cccs1)NCC(O)c1cc2ccccc2s1. The molecule has 1 unspecified atom stereocenters. The summed E-state index contributed by atoms with van der Waals surface area (Å²) in [6.45, 7) is 0.700. The number of carbonyl (C=O) groups excluding carboxylic acids is 1. The molecule has 3 rings (SSSR count). The summed E-state index contributed by atoms with van der Waals surface area (Å²) in [5.41, 5.74) is 0. The van der Waals surface area contributed by atoms with Crippen LogP contribution in [0.5, 0.6) is 0 Å². The quantitative estimate of drug-likeness (QED) is 0.670. The van der Waals surface area contributed by atoms with Crippen LogP contribution in [-0.2, 0) is 6.54 Å². The van der Waals surface area contributed by atoms with Gasteiger partial charge in [0.25, 0.3) is 0 Å². The van der Waals surface area contributed by atoms with Crippen molar-refractivity contribution in [2.45, 2.75) is 12.6 Å². The Bertz CT molecular complexity index is 719. The molecule has 0 saturated heterocycles. The summed E-state index contributed by atoms with van der Waals surface area (Å²) < 4.78 is 1.14. The van der Waals surface area contributed by atoms with E-state index in [9.17, 15) is 9.90 Å². The number of thiophene rings is 2. The fourth-order valence-electron chi connectivity index (χ4n) is 2.10. The highest BCUT2D eigenvalue weighted by molar-refractivity contribution is 7.19. The van der Waals surface area contributed by atoms with Gasteiger partial charge in [-0.1, -0.05) is 24.3 Å². The van der Waals surface area contributed by atoms with Crippen molar-refractivity contribution < 1.29 is 9.90 Å². The molecule has 0 aliphatic carbocycles.